The highest BCUT2D eigenvalue weighted by Gasteiger charge is 2.18. The van der Waals surface area contributed by atoms with Gasteiger partial charge in [-0.1, -0.05) is 0 Å². The summed E-state index contributed by atoms with van der Waals surface area (Å²) >= 11 is 0. The lowest BCUT2D eigenvalue weighted by Crippen LogP contribution is -2.33. The molecule has 0 aromatic heterocycles. The molecule has 1 aliphatic heterocycles. The highest BCUT2D eigenvalue weighted by molar-refractivity contribution is 5.46. The van der Waals surface area contributed by atoms with Crippen molar-refractivity contribution in [3.8, 4) is 12.3 Å². The van der Waals surface area contributed by atoms with Gasteiger partial charge in [0.05, 0.1) is 0 Å². The van der Waals surface area contributed by atoms with E-state index in [1.54, 1.807) is 0 Å². The summed E-state index contributed by atoms with van der Waals surface area (Å²) in [7, 11) is 0. The van der Waals surface area contributed by atoms with Gasteiger partial charge >= 0.3 is 0 Å². The first-order valence-electron chi connectivity index (χ1n) is 5.73. The average molecular weight is 217 g/mol. The minimum Gasteiger partial charge on any atom is -0.372 e. The number of hydrogen-bond donors (Lipinski definition) is 0. The van der Waals surface area contributed by atoms with E-state index >= 15 is 0 Å². The molecule has 1 aromatic carbocycles. The second-order valence-corrected chi connectivity index (χ2v) is 4.32. The smallest absolute Gasteiger partial charge is 0.123 e. The normalized spacial score (nSPS) is 17.1. The summed E-state index contributed by atoms with van der Waals surface area (Å²) in [6.45, 7) is 2.05. The molecule has 2 rings (SSSR count). The Bertz CT molecular complexity index is 369. The van der Waals surface area contributed by atoms with Gasteiger partial charge in [0.25, 0.3) is 0 Å². The number of nitrogens with zero attached hydrogens (tertiary/aromatic N) is 1. The molecular weight excluding hydrogens is 201 g/mol. The van der Waals surface area contributed by atoms with Crippen LogP contribution in [0.3, 0.4) is 0 Å². The number of anilines is 1. The van der Waals surface area contributed by atoms with Gasteiger partial charge in [0.1, 0.15) is 5.82 Å². The third-order valence-electron chi connectivity index (χ3n) is 3.21. The first-order valence-corrected chi connectivity index (χ1v) is 5.73. The predicted molar refractivity (Wildman–Crippen MR) is 64.8 cm³/mol. The second kappa shape index (κ2) is 5.03. The second-order valence-electron chi connectivity index (χ2n) is 4.32. The quantitative estimate of drug-likeness (QED) is 0.688. The van der Waals surface area contributed by atoms with Gasteiger partial charge in [0, 0.05) is 25.2 Å². The summed E-state index contributed by atoms with van der Waals surface area (Å²) in [5.41, 5.74) is 1.11. The maximum Gasteiger partial charge on any atom is 0.123 e. The highest BCUT2D eigenvalue weighted by atomic mass is 19.1. The Morgan fingerprint density at radius 3 is 2.44 bits per heavy atom. The SMILES string of the molecule is C#CCC1CCN(c2ccc(F)cc2)CC1. The molecule has 1 heterocycles. The summed E-state index contributed by atoms with van der Waals surface area (Å²) in [6.07, 6.45) is 8.48. The fraction of sp³-hybridized carbons (Fsp3) is 0.429. The zero-order valence-electron chi connectivity index (χ0n) is 9.32. The van der Waals surface area contributed by atoms with Gasteiger partial charge in [0.15, 0.2) is 0 Å². The Kier molecular flexibility index (Phi) is 3.46. The molecule has 2 heteroatoms. The van der Waals surface area contributed by atoms with E-state index < -0.39 is 0 Å². The standard InChI is InChI=1S/C14H16FN/c1-2-3-12-8-10-16(11-9-12)14-6-4-13(15)5-7-14/h1,4-7,12H,3,8-11H2. The molecule has 0 saturated carbocycles. The van der Waals surface area contributed by atoms with Gasteiger partial charge in [-0.05, 0) is 43.0 Å². The van der Waals surface area contributed by atoms with Crippen LogP contribution in [0, 0.1) is 24.1 Å². The van der Waals surface area contributed by atoms with Crippen molar-refractivity contribution in [1.82, 2.24) is 0 Å². The van der Waals surface area contributed by atoms with E-state index in [1.165, 1.54) is 12.1 Å². The molecule has 1 fully saturated rings. The molecule has 0 aliphatic carbocycles. The van der Waals surface area contributed by atoms with Crippen molar-refractivity contribution in [1.29, 1.82) is 0 Å². The van der Waals surface area contributed by atoms with Crippen LogP contribution in [0.4, 0.5) is 10.1 Å². The topological polar surface area (TPSA) is 3.24 Å². The molecule has 1 nitrogen and oxygen atoms in total. The Morgan fingerprint density at radius 1 is 1.25 bits per heavy atom. The predicted octanol–water partition coefficient (Wildman–Crippen LogP) is 3.07. The molecule has 16 heavy (non-hydrogen) atoms. The van der Waals surface area contributed by atoms with E-state index in [9.17, 15) is 4.39 Å². The molecule has 84 valence electrons. The van der Waals surface area contributed by atoms with Crippen LogP contribution in [0.5, 0.6) is 0 Å². The number of piperidine rings is 1. The van der Waals surface area contributed by atoms with Crippen LogP contribution >= 0.6 is 0 Å². The molecule has 0 bridgehead atoms. The summed E-state index contributed by atoms with van der Waals surface area (Å²) in [5.74, 6) is 3.22. The molecular formula is C14H16FN. The van der Waals surface area contributed by atoms with Crippen molar-refractivity contribution in [2.75, 3.05) is 18.0 Å². The number of terminal acetylenes is 1. The Hall–Kier alpha value is -1.49. The van der Waals surface area contributed by atoms with Crippen LogP contribution in [0.2, 0.25) is 0 Å². The maximum atomic E-state index is 12.8. The van der Waals surface area contributed by atoms with E-state index in [1.807, 2.05) is 12.1 Å². The van der Waals surface area contributed by atoms with E-state index in [4.69, 9.17) is 6.42 Å². The molecule has 0 atom stereocenters. The van der Waals surface area contributed by atoms with E-state index in [0.717, 1.165) is 38.0 Å². The van der Waals surface area contributed by atoms with Crippen LogP contribution in [0.1, 0.15) is 19.3 Å². The largest absolute Gasteiger partial charge is 0.372 e. The van der Waals surface area contributed by atoms with Crippen molar-refractivity contribution in [3.05, 3.63) is 30.1 Å². The molecule has 0 unspecified atom stereocenters. The minimum absolute atomic E-state index is 0.175. The average Bonchev–Trinajstić information content (AvgIpc) is 2.32. The van der Waals surface area contributed by atoms with Crippen molar-refractivity contribution in [2.24, 2.45) is 5.92 Å². The third kappa shape index (κ3) is 2.55. The Morgan fingerprint density at radius 2 is 1.88 bits per heavy atom. The third-order valence-corrected chi connectivity index (χ3v) is 3.21. The van der Waals surface area contributed by atoms with Gasteiger partial charge in [-0.3, -0.25) is 0 Å². The van der Waals surface area contributed by atoms with Gasteiger partial charge in [0.2, 0.25) is 0 Å². The summed E-state index contributed by atoms with van der Waals surface area (Å²) in [4.78, 5) is 2.30. The van der Waals surface area contributed by atoms with Crippen LogP contribution in [-0.2, 0) is 0 Å². The van der Waals surface area contributed by atoms with Gasteiger partial charge < -0.3 is 4.90 Å². The van der Waals surface area contributed by atoms with Crippen LogP contribution in [0.25, 0.3) is 0 Å². The Balaban J connectivity index is 1.94. The summed E-state index contributed by atoms with van der Waals surface area (Å²) in [6, 6.07) is 6.72. The first kappa shape index (κ1) is 11.0. The molecule has 0 N–H and O–H groups in total. The first-order chi connectivity index (χ1) is 7.79. The van der Waals surface area contributed by atoms with Gasteiger partial charge in [-0.15, -0.1) is 12.3 Å². The Labute approximate surface area is 96.3 Å². The van der Waals surface area contributed by atoms with Crippen molar-refractivity contribution in [3.63, 3.8) is 0 Å². The number of benzene rings is 1. The van der Waals surface area contributed by atoms with Crippen molar-refractivity contribution < 1.29 is 4.39 Å². The summed E-state index contributed by atoms with van der Waals surface area (Å²) < 4.78 is 12.8. The number of rotatable bonds is 2. The van der Waals surface area contributed by atoms with Gasteiger partial charge in [-0.25, -0.2) is 4.39 Å². The van der Waals surface area contributed by atoms with Crippen molar-refractivity contribution >= 4 is 5.69 Å². The lowest BCUT2D eigenvalue weighted by atomic mass is 9.94. The van der Waals surface area contributed by atoms with E-state index in [2.05, 4.69) is 10.8 Å². The highest BCUT2D eigenvalue weighted by Crippen LogP contribution is 2.24. The molecule has 1 aromatic rings. The monoisotopic (exact) mass is 217 g/mol. The van der Waals surface area contributed by atoms with Gasteiger partial charge in [-0.2, -0.15) is 0 Å². The van der Waals surface area contributed by atoms with Crippen LogP contribution in [-0.4, -0.2) is 13.1 Å². The maximum absolute atomic E-state index is 12.8. The summed E-state index contributed by atoms with van der Waals surface area (Å²) in [5, 5.41) is 0. The molecule has 0 amide bonds. The minimum atomic E-state index is -0.175. The van der Waals surface area contributed by atoms with Crippen LogP contribution in [0.15, 0.2) is 24.3 Å². The number of hydrogen-bond acceptors (Lipinski definition) is 1. The lowest BCUT2D eigenvalue weighted by molar-refractivity contribution is 0.414. The van der Waals surface area contributed by atoms with E-state index in [0.29, 0.717) is 5.92 Å². The molecule has 0 spiro atoms. The van der Waals surface area contributed by atoms with Crippen LogP contribution < -0.4 is 4.90 Å². The van der Waals surface area contributed by atoms with Crippen molar-refractivity contribution in [2.45, 2.75) is 19.3 Å². The zero-order chi connectivity index (χ0) is 11.4. The molecule has 1 saturated heterocycles. The fourth-order valence-electron chi connectivity index (χ4n) is 2.21. The molecule has 1 aliphatic rings. The number of halogens is 1. The lowest BCUT2D eigenvalue weighted by Gasteiger charge is -2.33. The molecule has 0 radical (unpaired) electrons. The zero-order valence-corrected chi connectivity index (χ0v) is 9.32. The fourth-order valence-corrected chi connectivity index (χ4v) is 2.21. The van der Waals surface area contributed by atoms with E-state index in [-0.39, 0.29) is 5.82 Å².